The maximum absolute atomic E-state index is 12.3. The van der Waals surface area contributed by atoms with Gasteiger partial charge >= 0.3 is 5.97 Å². The molecule has 0 aliphatic carbocycles. The number of hydrogen-bond acceptors (Lipinski definition) is 6. The number of nitrogens with zero attached hydrogens (tertiary/aromatic N) is 1. The normalized spacial score (nSPS) is 16.7. The van der Waals surface area contributed by atoms with Crippen LogP contribution in [0.4, 0.5) is 0 Å². The Morgan fingerprint density at radius 3 is 2.15 bits per heavy atom. The van der Waals surface area contributed by atoms with Crippen molar-refractivity contribution in [1.29, 1.82) is 0 Å². The molecule has 2 aromatic rings. The molecule has 2 heterocycles. The molecule has 1 saturated heterocycles. The highest BCUT2D eigenvalue weighted by atomic mass is 32.2. The van der Waals surface area contributed by atoms with Crippen LogP contribution in [-0.4, -0.2) is 40.7 Å². The Morgan fingerprint density at radius 1 is 0.963 bits per heavy atom. The lowest BCUT2D eigenvalue weighted by atomic mass is 10.1. The number of benzene rings is 2. The van der Waals surface area contributed by atoms with Crippen LogP contribution in [0.2, 0.25) is 0 Å². The Hall–Kier alpha value is -2.25. The minimum Gasteiger partial charge on any atom is -0.426 e. The van der Waals surface area contributed by atoms with Gasteiger partial charge in [0.05, 0.1) is 22.1 Å². The zero-order valence-electron chi connectivity index (χ0n) is 14.4. The summed E-state index contributed by atoms with van der Waals surface area (Å²) in [5.74, 6) is 1.59. The minimum absolute atomic E-state index is 0.0125. The topological polar surface area (TPSA) is 63.7 Å². The summed E-state index contributed by atoms with van der Waals surface area (Å²) < 4.78 is 5.79. The number of carbonyl (C=O) groups excluding carboxylic acids is 3. The predicted molar refractivity (Wildman–Crippen MR) is 106 cm³/mol. The number of esters is 1. The molecule has 2 aliphatic heterocycles. The molecule has 0 N–H and O–H groups in total. The first kappa shape index (κ1) is 18.1. The molecular weight excluding hydrogens is 382 g/mol. The molecule has 2 aromatic carbocycles. The number of amides is 2. The summed E-state index contributed by atoms with van der Waals surface area (Å²) in [5.41, 5.74) is 1.98. The largest absolute Gasteiger partial charge is 0.426 e. The van der Waals surface area contributed by atoms with E-state index >= 15 is 0 Å². The molecule has 1 fully saturated rings. The fourth-order valence-electron chi connectivity index (χ4n) is 3.07. The minimum atomic E-state index is -0.469. The van der Waals surface area contributed by atoms with Gasteiger partial charge in [-0.2, -0.15) is 0 Å². The number of hydrogen-bond donors (Lipinski definition) is 0. The molecule has 0 bridgehead atoms. The van der Waals surface area contributed by atoms with Crippen molar-refractivity contribution in [2.45, 2.75) is 11.0 Å². The van der Waals surface area contributed by atoms with Crippen molar-refractivity contribution in [3.63, 3.8) is 0 Å². The number of imide groups is 1. The van der Waals surface area contributed by atoms with Gasteiger partial charge in [-0.15, -0.1) is 23.5 Å². The maximum atomic E-state index is 12.3. The molecule has 27 heavy (non-hydrogen) atoms. The fraction of sp³-hybridized carbons (Fsp3) is 0.250. The number of ether oxygens (including phenoxy) is 1. The van der Waals surface area contributed by atoms with Crippen molar-refractivity contribution in [2.24, 2.45) is 0 Å². The quantitative estimate of drug-likeness (QED) is 0.433. The molecule has 4 rings (SSSR count). The van der Waals surface area contributed by atoms with Crippen LogP contribution in [0.1, 0.15) is 37.3 Å². The van der Waals surface area contributed by atoms with Crippen LogP contribution in [0.3, 0.4) is 0 Å². The smallest absolute Gasteiger partial charge is 0.312 e. The lowest BCUT2D eigenvalue weighted by molar-refractivity contribution is -0.134. The van der Waals surface area contributed by atoms with E-state index in [2.05, 4.69) is 0 Å². The Bertz CT molecular complexity index is 856. The first-order valence-electron chi connectivity index (χ1n) is 8.62. The summed E-state index contributed by atoms with van der Waals surface area (Å²) in [6.07, 6.45) is -0.0401. The lowest BCUT2D eigenvalue weighted by Gasteiger charge is -2.13. The number of fused-ring (bicyclic) bond motifs is 1. The van der Waals surface area contributed by atoms with Crippen LogP contribution >= 0.6 is 23.5 Å². The highest BCUT2D eigenvalue weighted by molar-refractivity contribution is 8.19. The van der Waals surface area contributed by atoms with Crippen molar-refractivity contribution < 1.29 is 19.1 Å². The second-order valence-electron chi connectivity index (χ2n) is 6.17. The van der Waals surface area contributed by atoms with E-state index in [1.807, 2.05) is 35.7 Å². The van der Waals surface area contributed by atoms with Crippen LogP contribution < -0.4 is 4.74 Å². The SMILES string of the molecule is O=C(CCN1C(=O)c2ccccc2C1=O)Oc1ccc(C2SCCS2)cc1. The van der Waals surface area contributed by atoms with Gasteiger partial charge < -0.3 is 4.74 Å². The molecule has 0 atom stereocenters. The maximum Gasteiger partial charge on any atom is 0.312 e. The van der Waals surface area contributed by atoms with Gasteiger partial charge in [0.1, 0.15) is 5.75 Å². The van der Waals surface area contributed by atoms with Crippen molar-refractivity contribution in [2.75, 3.05) is 18.1 Å². The average Bonchev–Trinajstić information content (AvgIpc) is 3.30. The van der Waals surface area contributed by atoms with Crippen LogP contribution in [0.15, 0.2) is 48.5 Å². The Labute approximate surface area is 165 Å². The second-order valence-corrected chi connectivity index (χ2v) is 8.90. The molecule has 138 valence electrons. The summed E-state index contributed by atoms with van der Waals surface area (Å²) in [5, 5.41) is 0. The third-order valence-electron chi connectivity index (χ3n) is 4.42. The lowest BCUT2D eigenvalue weighted by Crippen LogP contribution is -2.32. The van der Waals surface area contributed by atoms with Gasteiger partial charge in [-0.3, -0.25) is 19.3 Å². The Balaban J connectivity index is 1.32. The van der Waals surface area contributed by atoms with Gasteiger partial charge in [0.25, 0.3) is 11.8 Å². The van der Waals surface area contributed by atoms with Crippen molar-refractivity contribution in [3.05, 3.63) is 65.2 Å². The number of carbonyl (C=O) groups is 3. The molecule has 0 spiro atoms. The van der Waals surface area contributed by atoms with Crippen molar-refractivity contribution in [1.82, 2.24) is 4.90 Å². The third-order valence-corrected chi connectivity index (χ3v) is 7.53. The van der Waals surface area contributed by atoms with Gasteiger partial charge in [0, 0.05) is 18.1 Å². The Morgan fingerprint density at radius 2 is 1.56 bits per heavy atom. The first-order chi connectivity index (χ1) is 13.1. The van der Waals surface area contributed by atoms with E-state index in [4.69, 9.17) is 4.74 Å². The monoisotopic (exact) mass is 399 g/mol. The fourth-order valence-corrected chi connectivity index (χ4v) is 5.93. The molecule has 5 nitrogen and oxygen atoms in total. The zero-order chi connectivity index (χ0) is 18.8. The highest BCUT2D eigenvalue weighted by Gasteiger charge is 2.35. The molecule has 2 aliphatic rings. The summed E-state index contributed by atoms with van der Waals surface area (Å²) in [6, 6.07) is 14.2. The van der Waals surface area contributed by atoms with E-state index < -0.39 is 5.97 Å². The van der Waals surface area contributed by atoms with Gasteiger partial charge in [-0.25, -0.2) is 0 Å². The van der Waals surface area contributed by atoms with Crippen LogP contribution in [0.25, 0.3) is 0 Å². The van der Waals surface area contributed by atoms with Crippen molar-refractivity contribution >= 4 is 41.3 Å². The van der Waals surface area contributed by atoms with Gasteiger partial charge in [-0.05, 0) is 29.8 Å². The van der Waals surface area contributed by atoms with Crippen LogP contribution in [0, 0.1) is 0 Å². The predicted octanol–water partition coefficient (Wildman–Crippen LogP) is 3.76. The van der Waals surface area contributed by atoms with Crippen LogP contribution in [-0.2, 0) is 4.79 Å². The van der Waals surface area contributed by atoms with E-state index in [-0.39, 0.29) is 24.8 Å². The second kappa shape index (κ2) is 7.78. The van der Waals surface area contributed by atoms with E-state index in [0.717, 1.165) is 16.4 Å². The first-order valence-corrected chi connectivity index (χ1v) is 10.7. The van der Waals surface area contributed by atoms with Crippen molar-refractivity contribution in [3.8, 4) is 5.75 Å². The molecular formula is C20H17NO4S2. The summed E-state index contributed by atoms with van der Waals surface area (Å²) in [7, 11) is 0. The van der Waals surface area contributed by atoms with E-state index in [9.17, 15) is 14.4 Å². The van der Waals surface area contributed by atoms with Crippen LogP contribution in [0.5, 0.6) is 5.75 Å². The molecule has 0 aromatic heterocycles. The summed E-state index contributed by atoms with van der Waals surface area (Å²) in [4.78, 5) is 37.8. The molecule has 2 amide bonds. The standard InChI is InChI=1S/C20H17NO4S2/c22-17(25-14-7-5-13(6-8-14)20-26-11-12-27-20)9-10-21-18(23)15-3-1-2-4-16(15)19(21)24/h1-8,20H,9-12H2. The molecule has 0 unspecified atom stereocenters. The number of thioether (sulfide) groups is 2. The van der Waals surface area contributed by atoms with E-state index in [1.165, 1.54) is 5.56 Å². The Kier molecular flexibility index (Phi) is 5.22. The highest BCUT2D eigenvalue weighted by Crippen LogP contribution is 2.45. The third kappa shape index (κ3) is 3.75. The average molecular weight is 399 g/mol. The molecule has 0 saturated carbocycles. The van der Waals surface area contributed by atoms with E-state index in [0.29, 0.717) is 21.5 Å². The van der Waals surface area contributed by atoms with Gasteiger partial charge in [0.2, 0.25) is 0 Å². The summed E-state index contributed by atoms with van der Waals surface area (Å²) in [6.45, 7) is 0.0125. The molecule has 7 heteroatoms. The van der Waals surface area contributed by atoms with E-state index in [1.54, 1.807) is 36.4 Å². The zero-order valence-corrected chi connectivity index (χ0v) is 16.1. The molecule has 0 radical (unpaired) electrons. The number of rotatable bonds is 5. The summed E-state index contributed by atoms with van der Waals surface area (Å²) >= 11 is 3.84. The van der Waals surface area contributed by atoms with Gasteiger partial charge in [-0.1, -0.05) is 24.3 Å². The van der Waals surface area contributed by atoms with Gasteiger partial charge in [0.15, 0.2) is 0 Å².